The highest BCUT2D eigenvalue weighted by Gasteiger charge is 2.65. The molecule has 7 fully saturated rings. The van der Waals surface area contributed by atoms with E-state index < -0.39 is 163 Å². The predicted molar refractivity (Wildman–Crippen MR) is 442 cm³/mol. The molecule has 42 heteroatoms. The molecule has 17 atom stereocenters. The van der Waals surface area contributed by atoms with Crippen molar-refractivity contribution >= 4 is 127 Å². The van der Waals surface area contributed by atoms with Crippen molar-refractivity contribution in [2.75, 3.05) is 40.0 Å². The van der Waals surface area contributed by atoms with Crippen molar-refractivity contribution in [2.24, 2.45) is 61.4 Å². The fourth-order valence-electron chi connectivity index (χ4n) is 15.0. The highest BCUT2D eigenvalue weighted by atomic mass is 79.9. The molecule has 1 saturated heterocycles. The third-order valence-corrected chi connectivity index (χ3v) is 24.0. The van der Waals surface area contributed by atoms with Gasteiger partial charge < -0.3 is 39.4 Å². The Balaban J connectivity index is 0.000000133. The number of aromatic nitrogens is 5. The summed E-state index contributed by atoms with van der Waals surface area (Å²) in [7, 11) is 0. The van der Waals surface area contributed by atoms with Crippen LogP contribution in [0, 0.1) is 65.2 Å². The Morgan fingerprint density at radius 1 is 0.532 bits per heavy atom. The number of nitrogens with zero attached hydrogens (tertiary/aromatic N) is 10. The van der Waals surface area contributed by atoms with Gasteiger partial charge in [0.2, 0.25) is 29.7 Å². The van der Waals surface area contributed by atoms with Crippen molar-refractivity contribution in [2.45, 2.75) is 156 Å². The van der Waals surface area contributed by atoms with Crippen LogP contribution in [0.4, 0.5) is 57.9 Å². The van der Waals surface area contributed by atoms with Crippen LogP contribution in [0.25, 0.3) is 0 Å². The number of aliphatic imine (C=N–C) groups is 3. The van der Waals surface area contributed by atoms with E-state index in [-0.39, 0.29) is 87.6 Å². The number of nitrogens with two attached hydrogens (primary N) is 1. The topological polar surface area (TPSA) is 332 Å². The van der Waals surface area contributed by atoms with Crippen LogP contribution >= 0.6 is 79.6 Å². The fourth-order valence-corrected chi connectivity index (χ4v) is 16.6. The van der Waals surface area contributed by atoms with Crippen molar-refractivity contribution in [3.63, 3.8) is 0 Å². The molecular formula is C82H80Br5F11N14O12. The molecule has 5 aromatic heterocycles. The number of oxime groups is 1. The van der Waals surface area contributed by atoms with Crippen LogP contribution in [0.1, 0.15) is 129 Å². The van der Waals surface area contributed by atoms with Gasteiger partial charge in [-0.15, -0.1) is 0 Å². The Labute approximate surface area is 744 Å². The number of imide groups is 1. The zero-order valence-corrected chi connectivity index (χ0v) is 74.4. The summed E-state index contributed by atoms with van der Waals surface area (Å²) in [6, 6.07) is 23.1. The van der Waals surface area contributed by atoms with Crippen LogP contribution in [0.2, 0.25) is 0 Å². The third-order valence-electron chi connectivity index (χ3n) is 21.8. The lowest BCUT2D eigenvalue weighted by Gasteiger charge is -2.34. The zero-order valence-electron chi connectivity index (χ0n) is 66.5. The molecule has 6 aliphatic carbocycles. The smallest absolute Gasteiger partial charge is 0.425 e. The summed E-state index contributed by atoms with van der Waals surface area (Å²) < 4.78 is 182. The van der Waals surface area contributed by atoms with Crippen molar-refractivity contribution < 1.29 is 106 Å². The number of aliphatic hydroxyl groups is 1. The van der Waals surface area contributed by atoms with Gasteiger partial charge in [0.05, 0.1) is 23.5 Å². The highest BCUT2D eigenvalue weighted by molar-refractivity contribution is 9.11. The highest BCUT2D eigenvalue weighted by Crippen LogP contribution is 2.58. The number of hydrogen-bond acceptors (Lipinski definition) is 23. The lowest BCUT2D eigenvalue weighted by molar-refractivity contribution is 0.00697. The number of amides is 4. The van der Waals surface area contributed by atoms with Gasteiger partial charge in [0.15, 0.2) is 0 Å². The standard InChI is InChI=1S/C23H22BrF2N3O4.C18H14BrF2N3O2.C16H18BrF2N3O3.C10H9BrF2N2O.C10H11BrF2N2O.C5H6FNO/c1-22(2,3)33-21(31)29(19(30)13-7-5-4-6-8-13)20-28-23(12-25,15-10-17(15)32-20)16-9-14(24)11-27-18(16)26;19-11-6-13(15(21)22-8-11)18(9-20)12-7-14(12)26-17(24-18)23-16(25)10-4-2-1-3-5-10;1-15(2,3)25-14(23)21-13-22-16(7-18,9-5-11(9)24-13)10-4-8(17)6-20-12(10)19;11-5-1-7(9(13)14-3-5)10(4-12)6-2-8(6)16-15-10;11-5-1-7(9(13)15-3-5)10(14,4-12)6-2-8(6)16;6-2-4-3-1-5(3)8-7-4/h4-9,11,15,17H,10,12H2,1-3H3;1-6,8,12,14H,7,9H2,(H,23,24,25);4,6,9,11H,5,7H2,1-3H3,(H,21,22,23);1,3,6,8,15H,2,4H2;1,3,6,8,16H,2,4,14H2;3,5H,1-2H2/t15-,17+,23-;12-,14+,18-;9-,11+,16-;6-,8+,10-;6-,8?,10-;/m00000./s1. The number of rotatable bonds is 14. The third kappa shape index (κ3) is 20.3. The minimum Gasteiger partial charge on any atom is -0.461 e. The van der Waals surface area contributed by atoms with Gasteiger partial charge in [-0.05, 0) is 214 Å². The molecule has 6 saturated carbocycles. The minimum atomic E-state index is -1.70. The number of alkyl carbamates (subject to hydrolysis) is 1. The summed E-state index contributed by atoms with van der Waals surface area (Å²) in [5.41, 5.74) is 1.09. The first-order chi connectivity index (χ1) is 58.8. The molecular weight excluding hydrogens is 1980 g/mol. The minimum absolute atomic E-state index is 0.00287. The number of amidine groups is 3. The van der Waals surface area contributed by atoms with E-state index in [1.807, 2.05) is 0 Å². The number of pyridine rings is 5. The van der Waals surface area contributed by atoms with E-state index in [1.165, 1.54) is 67.4 Å². The Bertz CT molecular complexity index is 5320. The number of halogens is 16. The molecule has 0 spiro atoms. The maximum absolute atomic E-state index is 14.7. The Morgan fingerprint density at radius 3 is 1.35 bits per heavy atom. The lowest BCUT2D eigenvalue weighted by Crippen LogP contribution is -2.49. The van der Waals surface area contributed by atoms with E-state index in [9.17, 15) is 72.6 Å². The van der Waals surface area contributed by atoms with E-state index in [4.69, 9.17) is 39.1 Å². The quantitative estimate of drug-likeness (QED) is 0.0499. The second kappa shape index (κ2) is 37.3. The van der Waals surface area contributed by atoms with Crippen molar-refractivity contribution in [3.8, 4) is 0 Å². The van der Waals surface area contributed by atoms with Crippen LogP contribution in [-0.2, 0) is 61.1 Å². The van der Waals surface area contributed by atoms with Crippen LogP contribution in [0.5, 0.6) is 0 Å². The lowest BCUT2D eigenvalue weighted by atomic mass is 9.87. The first-order valence-corrected chi connectivity index (χ1v) is 42.6. The molecule has 6 N–H and O–H groups in total. The van der Waals surface area contributed by atoms with E-state index in [2.05, 4.69) is 141 Å². The van der Waals surface area contributed by atoms with Crippen LogP contribution in [0.3, 0.4) is 0 Å². The van der Waals surface area contributed by atoms with Gasteiger partial charge in [0.25, 0.3) is 23.9 Å². The first-order valence-electron chi connectivity index (χ1n) is 38.6. The SMILES string of the molecule is CC(C)(C)OC(=O)N(C(=O)c1ccccc1)C1=N[C@](CF)(c2cc(Br)cnc2F)[C@H]2C[C@H]2O1.CC(C)(C)OC(=O)NC1=N[C@](CF)(c2cc(Br)cnc2F)[C@H]2C[C@H]2O1.FCC1=NOC2CC12.FC[C@]1(c2cc(Br)cnc2F)NO[C@@H]2C[C@@H]21.N[C@](CF)(c1cc(Br)cnc1F)[C@H]1CC1O.O=C(NC1=N[C@](CF)(c2cc(Br)cnc2F)[C@H]2C[C@H]2O1)c1ccccc1. The van der Waals surface area contributed by atoms with Gasteiger partial charge in [-0.25, -0.2) is 81.1 Å². The predicted octanol–water partition coefficient (Wildman–Crippen LogP) is 16.1. The first kappa shape index (κ1) is 92.9. The summed E-state index contributed by atoms with van der Waals surface area (Å²) in [4.78, 5) is 92.1. The van der Waals surface area contributed by atoms with Gasteiger partial charge in [-0.1, -0.05) is 41.6 Å². The Hall–Kier alpha value is -8.78. The van der Waals surface area contributed by atoms with Crippen LogP contribution in [-0.4, -0.2) is 171 Å². The molecule has 7 aromatic rings. The zero-order chi connectivity index (χ0) is 89.5. The number of carbonyl (C=O) groups is 4. The van der Waals surface area contributed by atoms with Gasteiger partial charge in [-0.3, -0.25) is 19.7 Å². The average Bonchev–Trinajstić information content (AvgIpc) is 1.58. The molecule has 5 aliphatic heterocycles. The number of ether oxygens (including phenoxy) is 5. The second-order valence-electron chi connectivity index (χ2n) is 32.8. The molecule has 0 radical (unpaired) electrons. The average molecular weight is 2060 g/mol. The van der Waals surface area contributed by atoms with E-state index in [0.29, 0.717) is 70.1 Å². The summed E-state index contributed by atoms with van der Waals surface area (Å²) in [6.45, 7) is 5.07. The normalized spacial score (nSPS) is 28.2. The fraction of sp³-hybridized carbons (Fsp3) is 0.451. The molecule has 124 heavy (non-hydrogen) atoms. The van der Waals surface area contributed by atoms with Gasteiger partial charge in [0, 0.05) is 128 Å². The molecule has 10 heterocycles. The van der Waals surface area contributed by atoms with Crippen molar-refractivity contribution in [3.05, 3.63) is 213 Å². The number of nitrogens with one attached hydrogen (secondary N) is 3. The number of hydroxylamine groups is 1. The molecule has 2 aromatic carbocycles. The van der Waals surface area contributed by atoms with Crippen molar-refractivity contribution in [1.29, 1.82) is 0 Å². The molecule has 662 valence electrons. The summed E-state index contributed by atoms with van der Waals surface area (Å²) in [6.07, 6.45) is 6.66. The number of benzene rings is 2. The second-order valence-corrected chi connectivity index (χ2v) is 37.4. The molecule has 0 bridgehead atoms. The number of alkyl halides is 6. The maximum Gasteiger partial charge on any atom is 0.425 e. The summed E-state index contributed by atoms with van der Waals surface area (Å²) in [5.74, 6) is -6.26. The van der Waals surface area contributed by atoms with Gasteiger partial charge in [0.1, 0.15) is 97.8 Å². The van der Waals surface area contributed by atoms with Crippen molar-refractivity contribution in [1.82, 2.24) is 45.9 Å². The monoisotopic (exact) mass is 2060 g/mol. The summed E-state index contributed by atoms with van der Waals surface area (Å²) in [5, 5.41) is 17.8. The molecule has 11 aliphatic rings. The Kier molecular flexibility index (Phi) is 27.9. The number of hydrogen-bond donors (Lipinski definition) is 5. The van der Waals surface area contributed by atoms with E-state index >= 15 is 0 Å². The largest absolute Gasteiger partial charge is 0.461 e. The molecule has 26 nitrogen and oxygen atoms in total. The molecule has 4 amide bonds. The number of aliphatic hydroxyl groups excluding tert-OH is 1. The number of fused-ring (bicyclic) bond motifs is 5. The van der Waals surface area contributed by atoms with Gasteiger partial charge in [-0.2, -0.15) is 32.3 Å². The summed E-state index contributed by atoms with van der Waals surface area (Å²) >= 11 is 16.0. The van der Waals surface area contributed by atoms with E-state index in [1.54, 1.807) is 96.1 Å². The van der Waals surface area contributed by atoms with Crippen LogP contribution < -0.4 is 21.8 Å². The maximum atomic E-state index is 14.7. The van der Waals surface area contributed by atoms with Crippen LogP contribution in [0.15, 0.2) is 164 Å². The van der Waals surface area contributed by atoms with E-state index in [0.717, 1.165) is 12.8 Å². The Morgan fingerprint density at radius 2 is 0.960 bits per heavy atom. The van der Waals surface area contributed by atoms with Gasteiger partial charge >= 0.3 is 18.2 Å². The number of carbonyl (C=O) groups excluding carboxylic acids is 4. The molecule has 18 rings (SSSR count). The molecule has 3 unspecified atom stereocenters.